The Labute approximate surface area is 81.4 Å². The fraction of sp³-hybridized carbons (Fsp3) is 0.333. The zero-order chi connectivity index (χ0) is 9.97. The van der Waals surface area contributed by atoms with Gasteiger partial charge in [-0.2, -0.15) is 4.98 Å². The molecule has 0 aliphatic rings. The number of hydrogen-bond acceptors (Lipinski definition) is 4. The van der Waals surface area contributed by atoms with E-state index in [9.17, 15) is 0 Å². The maximum absolute atomic E-state index is 8.63. The van der Waals surface area contributed by atoms with Gasteiger partial charge in [-0.3, -0.25) is 0 Å². The minimum absolute atomic E-state index is 0.0779. The molecule has 0 aromatic carbocycles. The number of hydrogen-bond donors (Lipinski definition) is 2. The van der Waals surface area contributed by atoms with Crippen molar-refractivity contribution in [3.63, 3.8) is 0 Å². The molecular formula is C9H12N4O. The highest BCUT2D eigenvalue weighted by molar-refractivity contribution is 5.44. The fourth-order valence-corrected chi connectivity index (χ4v) is 1.28. The Balaban J connectivity index is 2.36. The lowest BCUT2D eigenvalue weighted by atomic mass is 10.4. The van der Waals surface area contributed by atoms with Gasteiger partial charge in [0.2, 0.25) is 5.95 Å². The highest BCUT2D eigenvalue weighted by Gasteiger charge is 2.02. The lowest BCUT2D eigenvalue weighted by Gasteiger charge is -1.95. The Bertz CT molecular complexity index is 437. The van der Waals surface area contributed by atoms with Crippen LogP contribution in [0.3, 0.4) is 0 Å². The second-order valence-corrected chi connectivity index (χ2v) is 3.02. The van der Waals surface area contributed by atoms with Gasteiger partial charge >= 0.3 is 0 Å². The summed E-state index contributed by atoms with van der Waals surface area (Å²) < 4.78 is 1.76. The van der Waals surface area contributed by atoms with Crippen molar-refractivity contribution in [2.24, 2.45) is 0 Å². The van der Waals surface area contributed by atoms with Gasteiger partial charge in [-0.25, -0.2) is 4.52 Å². The molecule has 2 heterocycles. The van der Waals surface area contributed by atoms with Crippen molar-refractivity contribution in [2.45, 2.75) is 6.92 Å². The Hall–Kier alpha value is -1.62. The standard InChI is InChI=1S/C9H12N4O/c1-7-3-2-4-8-11-9(10-5-6-14)12-13(7)8/h2-4,14H,5-6H2,1H3,(H,10,12). The first kappa shape index (κ1) is 8.96. The minimum Gasteiger partial charge on any atom is -0.395 e. The van der Waals surface area contributed by atoms with Crippen LogP contribution in [-0.2, 0) is 0 Å². The Morgan fingerprint density at radius 3 is 3.07 bits per heavy atom. The van der Waals surface area contributed by atoms with Crippen LogP contribution in [0.25, 0.3) is 5.65 Å². The van der Waals surface area contributed by atoms with E-state index in [1.165, 1.54) is 0 Å². The van der Waals surface area contributed by atoms with Crippen LogP contribution in [0.5, 0.6) is 0 Å². The number of aryl methyl sites for hydroxylation is 1. The quantitative estimate of drug-likeness (QED) is 0.740. The van der Waals surface area contributed by atoms with Gasteiger partial charge in [0.15, 0.2) is 5.65 Å². The Kier molecular flexibility index (Phi) is 2.32. The van der Waals surface area contributed by atoms with E-state index in [2.05, 4.69) is 15.4 Å². The normalized spacial score (nSPS) is 10.7. The SMILES string of the molecule is Cc1cccc2nc(NCCO)nn12. The lowest BCUT2D eigenvalue weighted by molar-refractivity contribution is 0.311. The topological polar surface area (TPSA) is 62.5 Å². The second kappa shape index (κ2) is 3.63. The van der Waals surface area contributed by atoms with Crippen LogP contribution in [0, 0.1) is 6.92 Å². The van der Waals surface area contributed by atoms with E-state index in [0.29, 0.717) is 12.5 Å². The smallest absolute Gasteiger partial charge is 0.243 e. The summed E-state index contributed by atoms with van der Waals surface area (Å²) in [5.74, 6) is 0.549. The van der Waals surface area contributed by atoms with Gasteiger partial charge in [-0.05, 0) is 19.1 Å². The summed E-state index contributed by atoms with van der Waals surface area (Å²) in [5.41, 5.74) is 1.84. The zero-order valence-corrected chi connectivity index (χ0v) is 7.94. The lowest BCUT2D eigenvalue weighted by Crippen LogP contribution is -2.06. The van der Waals surface area contributed by atoms with Crippen molar-refractivity contribution in [2.75, 3.05) is 18.5 Å². The van der Waals surface area contributed by atoms with Crippen molar-refractivity contribution in [1.82, 2.24) is 14.6 Å². The fourth-order valence-electron chi connectivity index (χ4n) is 1.28. The molecule has 0 atom stereocenters. The molecule has 2 rings (SSSR count). The molecule has 2 aromatic rings. The van der Waals surface area contributed by atoms with E-state index in [0.717, 1.165) is 11.3 Å². The van der Waals surface area contributed by atoms with Gasteiger partial charge in [0.25, 0.3) is 0 Å². The van der Waals surface area contributed by atoms with Gasteiger partial charge in [0.05, 0.1) is 6.61 Å². The molecular weight excluding hydrogens is 180 g/mol. The van der Waals surface area contributed by atoms with E-state index in [-0.39, 0.29) is 6.61 Å². The molecule has 0 bridgehead atoms. The van der Waals surface area contributed by atoms with Gasteiger partial charge in [-0.1, -0.05) is 6.07 Å². The van der Waals surface area contributed by atoms with E-state index in [1.807, 2.05) is 25.1 Å². The molecule has 0 aliphatic heterocycles. The first-order valence-corrected chi connectivity index (χ1v) is 4.48. The number of rotatable bonds is 3. The number of nitrogens with zero attached hydrogens (tertiary/aromatic N) is 3. The number of fused-ring (bicyclic) bond motifs is 1. The van der Waals surface area contributed by atoms with Crippen LogP contribution >= 0.6 is 0 Å². The average Bonchev–Trinajstić information content (AvgIpc) is 2.59. The molecule has 0 amide bonds. The Morgan fingerprint density at radius 2 is 2.36 bits per heavy atom. The molecule has 0 spiro atoms. The van der Waals surface area contributed by atoms with Crippen molar-refractivity contribution in [3.8, 4) is 0 Å². The molecule has 14 heavy (non-hydrogen) atoms. The second-order valence-electron chi connectivity index (χ2n) is 3.02. The molecule has 0 aliphatic carbocycles. The third-order valence-corrected chi connectivity index (χ3v) is 1.94. The molecule has 74 valence electrons. The first-order chi connectivity index (χ1) is 6.81. The highest BCUT2D eigenvalue weighted by Crippen LogP contribution is 2.07. The summed E-state index contributed by atoms with van der Waals surface area (Å²) in [6.45, 7) is 2.52. The molecule has 0 saturated heterocycles. The third-order valence-electron chi connectivity index (χ3n) is 1.94. The maximum atomic E-state index is 8.63. The van der Waals surface area contributed by atoms with Gasteiger partial charge in [0.1, 0.15) is 0 Å². The van der Waals surface area contributed by atoms with E-state index in [4.69, 9.17) is 5.11 Å². The average molecular weight is 192 g/mol. The molecule has 2 N–H and O–H groups in total. The number of aliphatic hydroxyl groups is 1. The van der Waals surface area contributed by atoms with Crippen LogP contribution in [-0.4, -0.2) is 32.9 Å². The van der Waals surface area contributed by atoms with Crippen molar-refractivity contribution in [1.29, 1.82) is 0 Å². The molecule has 2 aromatic heterocycles. The summed E-state index contributed by atoms with van der Waals surface area (Å²) in [5, 5.41) is 15.8. The summed E-state index contributed by atoms with van der Waals surface area (Å²) in [7, 11) is 0. The predicted octanol–water partition coefficient (Wildman–Crippen LogP) is 0.442. The monoisotopic (exact) mass is 192 g/mol. The minimum atomic E-state index is 0.0779. The van der Waals surface area contributed by atoms with Crippen molar-refractivity contribution >= 4 is 11.6 Å². The van der Waals surface area contributed by atoms with Crippen LogP contribution < -0.4 is 5.32 Å². The van der Waals surface area contributed by atoms with Gasteiger partial charge < -0.3 is 10.4 Å². The molecule has 5 heteroatoms. The third kappa shape index (κ3) is 1.54. The number of pyridine rings is 1. The van der Waals surface area contributed by atoms with Crippen LogP contribution in [0.2, 0.25) is 0 Å². The van der Waals surface area contributed by atoms with E-state index in [1.54, 1.807) is 4.52 Å². The first-order valence-electron chi connectivity index (χ1n) is 4.48. The zero-order valence-electron chi connectivity index (χ0n) is 7.94. The molecule has 0 fully saturated rings. The molecule has 0 saturated carbocycles. The van der Waals surface area contributed by atoms with Crippen molar-refractivity contribution < 1.29 is 5.11 Å². The maximum Gasteiger partial charge on any atom is 0.243 e. The summed E-state index contributed by atoms with van der Waals surface area (Å²) >= 11 is 0. The number of anilines is 1. The summed E-state index contributed by atoms with van der Waals surface area (Å²) in [4.78, 5) is 4.24. The largest absolute Gasteiger partial charge is 0.395 e. The van der Waals surface area contributed by atoms with Crippen LogP contribution in [0.4, 0.5) is 5.95 Å². The molecule has 0 unspecified atom stereocenters. The van der Waals surface area contributed by atoms with Gasteiger partial charge in [-0.15, -0.1) is 5.10 Å². The molecule has 5 nitrogen and oxygen atoms in total. The molecule has 0 radical (unpaired) electrons. The van der Waals surface area contributed by atoms with Crippen molar-refractivity contribution in [3.05, 3.63) is 23.9 Å². The number of nitrogens with one attached hydrogen (secondary N) is 1. The van der Waals surface area contributed by atoms with E-state index < -0.39 is 0 Å². The summed E-state index contributed by atoms with van der Waals surface area (Å²) in [6, 6.07) is 5.80. The van der Waals surface area contributed by atoms with Crippen LogP contribution in [0.15, 0.2) is 18.2 Å². The van der Waals surface area contributed by atoms with Crippen LogP contribution in [0.1, 0.15) is 5.69 Å². The van der Waals surface area contributed by atoms with Gasteiger partial charge in [0, 0.05) is 12.2 Å². The van der Waals surface area contributed by atoms with E-state index >= 15 is 0 Å². The predicted molar refractivity (Wildman–Crippen MR) is 53.3 cm³/mol. The summed E-state index contributed by atoms with van der Waals surface area (Å²) in [6.07, 6.45) is 0. The number of aliphatic hydroxyl groups excluding tert-OH is 1. The highest BCUT2D eigenvalue weighted by atomic mass is 16.3. The number of aromatic nitrogens is 3. The Morgan fingerprint density at radius 1 is 1.50 bits per heavy atom.